The average Bonchev–Trinajstić information content (AvgIpc) is 2.61. The largest absolute Gasteiger partial charge is 0.362 e. The summed E-state index contributed by atoms with van der Waals surface area (Å²) >= 11 is 0. The van der Waals surface area contributed by atoms with E-state index in [1.54, 1.807) is 0 Å². The highest BCUT2D eigenvalue weighted by Gasteiger charge is 2.47. The van der Waals surface area contributed by atoms with Crippen molar-refractivity contribution < 1.29 is 4.79 Å². The molecule has 3 nitrogen and oxygen atoms in total. The number of rotatable bonds is 2. The number of hydrogen-bond acceptors (Lipinski definition) is 2. The smallest absolute Gasteiger partial charge is 0.258 e. The van der Waals surface area contributed by atoms with Gasteiger partial charge in [-0.05, 0) is 49.4 Å². The first kappa shape index (κ1) is 15.3. The minimum absolute atomic E-state index is 0.165. The van der Waals surface area contributed by atoms with E-state index in [1.807, 2.05) is 24.3 Å². The molecule has 0 bridgehead atoms. The van der Waals surface area contributed by atoms with Gasteiger partial charge in [-0.15, -0.1) is 0 Å². The molecule has 2 aromatic rings. The van der Waals surface area contributed by atoms with Crippen molar-refractivity contribution in [2.75, 3.05) is 5.32 Å². The summed E-state index contributed by atoms with van der Waals surface area (Å²) in [5, 5.41) is 3.75. The van der Waals surface area contributed by atoms with Crippen LogP contribution in [0.4, 0.5) is 5.69 Å². The fraction of sp³-hybridized carbons (Fsp3) is 0.381. The van der Waals surface area contributed by atoms with Gasteiger partial charge >= 0.3 is 0 Å². The van der Waals surface area contributed by atoms with Crippen molar-refractivity contribution in [2.24, 2.45) is 0 Å². The molecule has 0 aromatic heterocycles. The topological polar surface area (TPSA) is 32.3 Å². The van der Waals surface area contributed by atoms with Crippen molar-refractivity contribution in [1.82, 2.24) is 4.90 Å². The van der Waals surface area contributed by atoms with Gasteiger partial charge in [-0.2, -0.15) is 0 Å². The lowest BCUT2D eigenvalue weighted by atomic mass is 9.80. The first-order valence-electron chi connectivity index (χ1n) is 8.92. The number of para-hydroxylation sites is 1. The number of amides is 1. The van der Waals surface area contributed by atoms with Gasteiger partial charge in [-0.3, -0.25) is 4.79 Å². The van der Waals surface area contributed by atoms with Gasteiger partial charge in [0.15, 0.2) is 0 Å². The second-order valence-electron chi connectivity index (χ2n) is 7.08. The molecule has 0 saturated carbocycles. The number of carbonyl (C=O) groups is 1. The van der Waals surface area contributed by atoms with E-state index in [2.05, 4.69) is 48.3 Å². The molecule has 1 heterocycles. The van der Waals surface area contributed by atoms with Gasteiger partial charge in [0.1, 0.15) is 5.66 Å². The molecule has 124 valence electrons. The SMILES string of the molecule is CC[C@@H](C)N1C(=O)c2ccccc2N[C@]12CCc1ccccc1C2. The van der Waals surface area contributed by atoms with Crippen LogP contribution in [0.25, 0.3) is 0 Å². The highest BCUT2D eigenvalue weighted by atomic mass is 16.2. The third-order valence-corrected chi connectivity index (χ3v) is 5.65. The molecule has 1 amide bonds. The number of anilines is 1. The van der Waals surface area contributed by atoms with E-state index < -0.39 is 0 Å². The Bertz CT molecular complexity index is 785. The Morgan fingerprint density at radius 3 is 2.62 bits per heavy atom. The lowest BCUT2D eigenvalue weighted by Gasteiger charge is -2.53. The van der Waals surface area contributed by atoms with Crippen molar-refractivity contribution in [3.8, 4) is 0 Å². The number of benzene rings is 2. The number of hydrogen-bond donors (Lipinski definition) is 1. The molecule has 2 aromatic carbocycles. The summed E-state index contributed by atoms with van der Waals surface area (Å²) in [7, 11) is 0. The third kappa shape index (κ3) is 2.22. The highest BCUT2D eigenvalue weighted by molar-refractivity contribution is 6.02. The minimum Gasteiger partial charge on any atom is -0.362 e. The van der Waals surface area contributed by atoms with Crippen molar-refractivity contribution >= 4 is 11.6 Å². The maximum absolute atomic E-state index is 13.3. The molecule has 0 saturated heterocycles. The molecule has 0 unspecified atom stereocenters. The summed E-state index contributed by atoms with van der Waals surface area (Å²) in [4.78, 5) is 15.4. The molecule has 0 fully saturated rings. The lowest BCUT2D eigenvalue weighted by molar-refractivity contribution is 0.0317. The van der Waals surface area contributed by atoms with Crippen molar-refractivity contribution in [3.63, 3.8) is 0 Å². The molecule has 24 heavy (non-hydrogen) atoms. The summed E-state index contributed by atoms with van der Waals surface area (Å²) in [6, 6.07) is 16.8. The number of nitrogens with one attached hydrogen (secondary N) is 1. The Labute approximate surface area is 143 Å². The van der Waals surface area contributed by atoms with Gasteiger partial charge in [0.2, 0.25) is 0 Å². The molecule has 2 atom stereocenters. The molecule has 0 radical (unpaired) electrons. The van der Waals surface area contributed by atoms with Crippen molar-refractivity contribution in [1.29, 1.82) is 0 Å². The molecular formula is C21H24N2O. The van der Waals surface area contributed by atoms with Gasteiger partial charge in [0.25, 0.3) is 5.91 Å². The van der Waals surface area contributed by atoms with Crippen molar-refractivity contribution in [3.05, 3.63) is 65.2 Å². The zero-order valence-electron chi connectivity index (χ0n) is 14.4. The van der Waals surface area contributed by atoms with Crippen LogP contribution in [0.15, 0.2) is 48.5 Å². The summed E-state index contributed by atoms with van der Waals surface area (Å²) in [5.41, 5.74) is 4.23. The number of aryl methyl sites for hydroxylation is 1. The fourth-order valence-corrected chi connectivity index (χ4v) is 4.25. The van der Waals surface area contributed by atoms with E-state index in [1.165, 1.54) is 11.1 Å². The fourth-order valence-electron chi connectivity index (χ4n) is 4.25. The van der Waals surface area contributed by atoms with Crippen LogP contribution in [0.5, 0.6) is 0 Å². The summed E-state index contributed by atoms with van der Waals surface area (Å²) in [6.45, 7) is 4.32. The first-order chi connectivity index (χ1) is 11.6. The van der Waals surface area contributed by atoms with Crippen LogP contribution in [0.3, 0.4) is 0 Å². The molecule has 1 spiro atoms. The Hall–Kier alpha value is -2.29. The lowest BCUT2D eigenvalue weighted by Crippen LogP contribution is -2.65. The van der Waals surface area contributed by atoms with Gasteiger partial charge in [-0.1, -0.05) is 43.3 Å². The Morgan fingerprint density at radius 2 is 1.83 bits per heavy atom. The molecule has 1 aliphatic heterocycles. The number of carbonyl (C=O) groups excluding carboxylic acids is 1. The standard InChI is InChI=1S/C21H24N2O/c1-3-15(2)23-20(24)18-10-6-7-11-19(18)22-21(23)13-12-16-8-4-5-9-17(16)14-21/h4-11,15,22H,3,12-14H2,1-2H3/t15-,21-/m1/s1. The van der Waals surface area contributed by atoms with Crippen LogP contribution in [0.2, 0.25) is 0 Å². The number of nitrogens with zero attached hydrogens (tertiary/aromatic N) is 1. The molecule has 3 heteroatoms. The minimum atomic E-state index is -0.310. The van der Waals surface area contributed by atoms with E-state index in [0.717, 1.165) is 36.9 Å². The summed E-state index contributed by atoms with van der Waals surface area (Å²) in [6.07, 6.45) is 3.78. The Morgan fingerprint density at radius 1 is 1.12 bits per heavy atom. The summed E-state index contributed by atoms with van der Waals surface area (Å²) in [5.74, 6) is 0.165. The normalized spacial score (nSPS) is 23.4. The second-order valence-corrected chi connectivity index (χ2v) is 7.08. The van der Waals surface area contributed by atoms with Crippen LogP contribution < -0.4 is 5.32 Å². The first-order valence-corrected chi connectivity index (χ1v) is 8.92. The molecule has 1 N–H and O–H groups in total. The zero-order chi connectivity index (χ0) is 16.7. The van der Waals surface area contributed by atoms with E-state index in [4.69, 9.17) is 0 Å². The Balaban J connectivity index is 1.82. The van der Waals surface area contributed by atoms with Crippen LogP contribution in [0.1, 0.15) is 48.2 Å². The van der Waals surface area contributed by atoms with Crippen LogP contribution in [-0.2, 0) is 12.8 Å². The van der Waals surface area contributed by atoms with E-state index in [-0.39, 0.29) is 17.6 Å². The molecular weight excluding hydrogens is 296 g/mol. The van der Waals surface area contributed by atoms with Crippen LogP contribution in [-0.4, -0.2) is 22.5 Å². The van der Waals surface area contributed by atoms with Crippen molar-refractivity contribution in [2.45, 2.75) is 51.2 Å². The monoisotopic (exact) mass is 320 g/mol. The molecule has 4 rings (SSSR count). The van der Waals surface area contributed by atoms with Crippen LogP contribution >= 0.6 is 0 Å². The maximum atomic E-state index is 13.3. The summed E-state index contributed by atoms with van der Waals surface area (Å²) < 4.78 is 0. The second kappa shape index (κ2) is 5.66. The van der Waals surface area contributed by atoms with Crippen LogP contribution in [0, 0.1) is 0 Å². The zero-order valence-corrected chi connectivity index (χ0v) is 14.4. The molecule has 1 aliphatic carbocycles. The quantitative estimate of drug-likeness (QED) is 0.897. The molecule has 2 aliphatic rings. The third-order valence-electron chi connectivity index (χ3n) is 5.65. The van der Waals surface area contributed by atoms with Gasteiger partial charge in [-0.25, -0.2) is 0 Å². The Kier molecular flexibility index (Phi) is 3.60. The van der Waals surface area contributed by atoms with Gasteiger partial charge < -0.3 is 10.2 Å². The van der Waals surface area contributed by atoms with E-state index >= 15 is 0 Å². The average molecular weight is 320 g/mol. The van der Waals surface area contributed by atoms with E-state index in [0.29, 0.717) is 0 Å². The predicted octanol–water partition coefficient (Wildman–Crippen LogP) is 4.24. The highest BCUT2D eigenvalue weighted by Crippen LogP contribution is 2.41. The van der Waals surface area contributed by atoms with Gasteiger partial charge in [0, 0.05) is 18.2 Å². The maximum Gasteiger partial charge on any atom is 0.258 e. The van der Waals surface area contributed by atoms with E-state index in [9.17, 15) is 4.79 Å². The predicted molar refractivity (Wildman–Crippen MR) is 97.2 cm³/mol. The van der Waals surface area contributed by atoms with Gasteiger partial charge in [0.05, 0.1) is 5.56 Å². The number of fused-ring (bicyclic) bond motifs is 2.